The first-order chi connectivity index (χ1) is 11.7. The molecule has 2 rings (SSSR count). The molecular formula is C17H22BrN3O3S. The van der Waals surface area contributed by atoms with Gasteiger partial charge < -0.3 is 9.88 Å². The third-order valence-corrected chi connectivity index (χ3v) is 5.48. The van der Waals surface area contributed by atoms with Gasteiger partial charge in [0.2, 0.25) is 10.0 Å². The van der Waals surface area contributed by atoms with Crippen molar-refractivity contribution in [2.75, 3.05) is 0 Å². The fourth-order valence-corrected chi connectivity index (χ4v) is 4.51. The molecule has 0 unspecified atom stereocenters. The van der Waals surface area contributed by atoms with E-state index in [9.17, 15) is 13.2 Å². The van der Waals surface area contributed by atoms with Gasteiger partial charge in [0.1, 0.15) is 5.69 Å². The minimum atomic E-state index is -3.42. The molecule has 0 atom stereocenters. The van der Waals surface area contributed by atoms with Crippen molar-refractivity contribution < 1.29 is 13.2 Å². The Kier molecular flexibility index (Phi) is 6.42. The monoisotopic (exact) mass is 427 g/mol. The molecule has 0 saturated carbocycles. The van der Waals surface area contributed by atoms with Crippen LogP contribution in [0.1, 0.15) is 35.5 Å². The quantitative estimate of drug-likeness (QED) is 0.712. The molecule has 6 nitrogen and oxygen atoms in total. The molecule has 25 heavy (non-hydrogen) atoms. The highest BCUT2D eigenvalue weighted by atomic mass is 79.9. The van der Waals surface area contributed by atoms with E-state index in [0.29, 0.717) is 11.3 Å². The van der Waals surface area contributed by atoms with E-state index in [1.807, 2.05) is 12.1 Å². The van der Waals surface area contributed by atoms with Crippen LogP contribution in [-0.4, -0.2) is 24.9 Å². The number of aromatic nitrogens is 1. The Hall–Kier alpha value is -1.64. The molecule has 2 N–H and O–H groups in total. The number of carbonyl (C=O) groups is 1. The largest absolute Gasteiger partial charge is 0.347 e. The summed E-state index contributed by atoms with van der Waals surface area (Å²) in [6, 6.07) is 8.78. The lowest BCUT2D eigenvalue weighted by Gasteiger charge is -2.13. The third-order valence-electron chi connectivity index (χ3n) is 3.52. The molecule has 0 fully saturated rings. The molecule has 0 aliphatic heterocycles. The summed E-state index contributed by atoms with van der Waals surface area (Å²) in [5, 5.41) is 2.84. The van der Waals surface area contributed by atoms with Crippen LogP contribution in [0.4, 0.5) is 0 Å². The van der Waals surface area contributed by atoms with Crippen LogP contribution in [0.5, 0.6) is 0 Å². The van der Waals surface area contributed by atoms with Crippen molar-refractivity contribution in [2.45, 2.75) is 32.2 Å². The number of aryl methyl sites for hydroxylation is 1. The summed E-state index contributed by atoms with van der Waals surface area (Å²) in [6.07, 6.45) is 1.80. The summed E-state index contributed by atoms with van der Waals surface area (Å²) in [4.78, 5) is 12.3. The Labute approximate surface area is 156 Å². The highest BCUT2D eigenvalue weighted by Crippen LogP contribution is 2.15. The van der Waals surface area contributed by atoms with Crippen molar-refractivity contribution in [3.05, 3.63) is 57.8 Å². The summed E-state index contributed by atoms with van der Waals surface area (Å²) >= 11 is 3.34. The molecule has 0 aliphatic rings. The molecule has 0 bridgehead atoms. The highest BCUT2D eigenvalue weighted by molar-refractivity contribution is 9.10. The first-order valence-corrected chi connectivity index (χ1v) is 10.3. The van der Waals surface area contributed by atoms with Gasteiger partial charge in [0.15, 0.2) is 0 Å². The Morgan fingerprint density at radius 3 is 2.44 bits per heavy atom. The van der Waals surface area contributed by atoms with Crippen molar-refractivity contribution in [1.29, 1.82) is 0 Å². The maximum Gasteiger partial charge on any atom is 0.268 e. The second kappa shape index (κ2) is 8.16. The SMILES string of the molecule is CC(C)NS(=O)(=O)Cc1ccccc1CNC(=O)c1cc(Br)cn1C. The Morgan fingerprint density at radius 1 is 1.24 bits per heavy atom. The van der Waals surface area contributed by atoms with Gasteiger partial charge in [0.05, 0.1) is 5.75 Å². The topological polar surface area (TPSA) is 80.2 Å². The molecule has 0 spiro atoms. The fraction of sp³-hybridized carbons (Fsp3) is 0.353. The number of halogens is 1. The van der Waals surface area contributed by atoms with Crippen LogP contribution >= 0.6 is 15.9 Å². The van der Waals surface area contributed by atoms with E-state index in [2.05, 4.69) is 26.0 Å². The van der Waals surface area contributed by atoms with Crippen molar-refractivity contribution in [3.63, 3.8) is 0 Å². The molecule has 0 aliphatic carbocycles. The average molecular weight is 428 g/mol. The summed E-state index contributed by atoms with van der Waals surface area (Å²) in [5.41, 5.74) is 1.97. The summed E-state index contributed by atoms with van der Waals surface area (Å²) in [7, 11) is -1.63. The summed E-state index contributed by atoms with van der Waals surface area (Å²) in [5.74, 6) is -0.335. The lowest BCUT2D eigenvalue weighted by atomic mass is 10.1. The zero-order valence-corrected chi connectivity index (χ0v) is 16.8. The maximum atomic E-state index is 12.3. The van der Waals surface area contributed by atoms with Gasteiger partial charge in [-0.1, -0.05) is 24.3 Å². The number of sulfonamides is 1. The van der Waals surface area contributed by atoms with E-state index in [4.69, 9.17) is 0 Å². The zero-order valence-electron chi connectivity index (χ0n) is 14.4. The van der Waals surface area contributed by atoms with Gasteiger partial charge in [-0.05, 0) is 47.0 Å². The standard InChI is InChI=1S/C17H22BrN3O3S/c1-12(2)20-25(23,24)11-14-7-5-4-6-13(14)9-19-17(22)16-8-15(18)10-21(16)3/h4-8,10,12,20H,9,11H2,1-3H3,(H,19,22). The number of hydrogen-bond acceptors (Lipinski definition) is 3. The lowest BCUT2D eigenvalue weighted by Crippen LogP contribution is -2.32. The third kappa shape index (κ3) is 5.69. The number of amides is 1. The molecule has 1 heterocycles. The maximum absolute atomic E-state index is 12.3. The second-order valence-corrected chi connectivity index (χ2v) is 8.81. The minimum absolute atomic E-state index is 0.118. The van der Waals surface area contributed by atoms with Gasteiger partial charge >= 0.3 is 0 Å². The molecule has 1 amide bonds. The predicted molar refractivity (Wildman–Crippen MR) is 102 cm³/mol. The average Bonchev–Trinajstić information content (AvgIpc) is 2.83. The van der Waals surface area contributed by atoms with Crippen molar-refractivity contribution in [2.24, 2.45) is 7.05 Å². The van der Waals surface area contributed by atoms with Gasteiger partial charge in [-0.25, -0.2) is 13.1 Å². The van der Waals surface area contributed by atoms with Gasteiger partial charge in [0.25, 0.3) is 5.91 Å². The fourth-order valence-electron chi connectivity index (χ4n) is 2.49. The van der Waals surface area contributed by atoms with E-state index in [1.165, 1.54) is 0 Å². The first kappa shape index (κ1) is 19.7. The molecule has 0 saturated heterocycles. The van der Waals surface area contributed by atoms with E-state index >= 15 is 0 Å². The molecule has 136 valence electrons. The van der Waals surface area contributed by atoms with Gasteiger partial charge in [0, 0.05) is 30.3 Å². The van der Waals surface area contributed by atoms with Crippen LogP contribution in [0, 0.1) is 0 Å². The number of nitrogens with one attached hydrogen (secondary N) is 2. The normalized spacial score (nSPS) is 11.7. The molecule has 8 heteroatoms. The van der Waals surface area contributed by atoms with Gasteiger partial charge in [-0.2, -0.15) is 0 Å². The van der Waals surface area contributed by atoms with E-state index in [0.717, 1.165) is 10.0 Å². The Bertz CT molecular complexity index is 860. The summed E-state index contributed by atoms with van der Waals surface area (Å²) < 4.78 is 29.4. The number of nitrogens with zero attached hydrogens (tertiary/aromatic N) is 1. The van der Waals surface area contributed by atoms with Crippen LogP contribution in [0.25, 0.3) is 0 Å². The molecule has 2 aromatic rings. The van der Waals surface area contributed by atoms with Crippen LogP contribution < -0.4 is 10.0 Å². The number of hydrogen-bond donors (Lipinski definition) is 2. The van der Waals surface area contributed by atoms with Crippen molar-refractivity contribution in [1.82, 2.24) is 14.6 Å². The molecule has 1 aromatic heterocycles. The van der Waals surface area contributed by atoms with Crippen LogP contribution in [0.15, 0.2) is 41.0 Å². The van der Waals surface area contributed by atoms with Crippen LogP contribution in [0.3, 0.4) is 0 Å². The Balaban J connectivity index is 2.10. The van der Waals surface area contributed by atoms with Crippen LogP contribution in [-0.2, 0) is 29.4 Å². The van der Waals surface area contributed by atoms with Gasteiger partial charge in [-0.15, -0.1) is 0 Å². The molecule has 1 aromatic carbocycles. The number of rotatable bonds is 7. The smallest absolute Gasteiger partial charge is 0.268 e. The van der Waals surface area contributed by atoms with E-state index in [1.54, 1.807) is 49.9 Å². The number of carbonyl (C=O) groups excluding carboxylic acids is 1. The van der Waals surface area contributed by atoms with Gasteiger partial charge in [-0.3, -0.25) is 4.79 Å². The van der Waals surface area contributed by atoms with Crippen molar-refractivity contribution in [3.8, 4) is 0 Å². The zero-order chi connectivity index (χ0) is 18.6. The minimum Gasteiger partial charge on any atom is -0.347 e. The van der Waals surface area contributed by atoms with Crippen LogP contribution in [0.2, 0.25) is 0 Å². The highest BCUT2D eigenvalue weighted by Gasteiger charge is 2.16. The van der Waals surface area contributed by atoms with E-state index in [-0.39, 0.29) is 24.2 Å². The van der Waals surface area contributed by atoms with E-state index < -0.39 is 10.0 Å². The number of benzene rings is 1. The summed E-state index contributed by atoms with van der Waals surface area (Å²) in [6.45, 7) is 3.82. The molecule has 0 radical (unpaired) electrons. The second-order valence-electron chi connectivity index (χ2n) is 6.14. The van der Waals surface area contributed by atoms with Crippen molar-refractivity contribution >= 4 is 31.9 Å². The predicted octanol–water partition coefficient (Wildman–Crippen LogP) is 2.55. The Morgan fingerprint density at radius 2 is 1.88 bits per heavy atom. The first-order valence-electron chi connectivity index (χ1n) is 7.85. The lowest BCUT2D eigenvalue weighted by molar-refractivity contribution is 0.0942. The molecular weight excluding hydrogens is 406 g/mol.